The fourth-order valence-electron chi connectivity index (χ4n) is 0.980. The maximum Gasteiger partial charge on any atom is 0.340 e. The lowest BCUT2D eigenvalue weighted by Gasteiger charge is -2.08. The minimum Gasteiger partial charge on any atom is -0.496 e. The number of carbonyl (C=O) groups is 1. The van der Waals surface area contributed by atoms with E-state index < -0.39 is 5.97 Å². The van der Waals surface area contributed by atoms with Gasteiger partial charge in [-0.05, 0) is 44.0 Å². The molecule has 0 radical (unpaired) electrons. The molecule has 0 bridgehead atoms. The summed E-state index contributed by atoms with van der Waals surface area (Å²) in [5, 5.41) is 0. The van der Waals surface area contributed by atoms with E-state index in [-0.39, 0.29) is 0 Å². The smallest absolute Gasteiger partial charge is 0.340 e. The molecule has 76 valence electrons. The van der Waals surface area contributed by atoms with Gasteiger partial charge in [-0.1, -0.05) is 0 Å². The molecule has 0 saturated carbocycles. The molecule has 1 aromatic rings. The topological polar surface area (TPSA) is 35.5 Å². The van der Waals surface area contributed by atoms with Crippen molar-refractivity contribution in [2.75, 3.05) is 14.2 Å². The van der Waals surface area contributed by atoms with Gasteiger partial charge in [-0.25, -0.2) is 4.79 Å². The molecule has 0 aliphatic carbocycles. The summed E-state index contributed by atoms with van der Waals surface area (Å²) >= 11 is 6.54. The fourth-order valence-corrected chi connectivity index (χ4v) is 2.41. The molecule has 0 saturated heterocycles. The number of benzene rings is 1. The van der Waals surface area contributed by atoms with Gasteiger partial charge in [-0.15, -0.1) is 0 Å². The van der Waals surface area contributed by atoms with Gasteiger partial charge in [-0.2, -0.15) is 0 Å². The second kappa shape index (κ2) is 4.79. The van der Waals surface area contributed by atoms with Crippen LogP contribution in [0, 0.1) is 0 Å². The normalized spacial score (nSPS) is 9.71. The molecular weight excluding hydrogens is 316 g/mol. The minimum absolute atomic E-state index is 0.414. The van der Waals surface area contributed by atoms with Gasteiger partial charge in [0.15, 0.2) is 0 Å². The van der Waals surface area contributed by atoms with E-state index in [2.05, 4.69) is 36.6 Å². The van der Waals surface area contributed by atoms with E-state index in [0.29, 0.717) is 20.3 Å². The zero-order valence-corrected chi connectivity index (χ0v) is 10.8. The maximum atomic E-state index is 11.4. The Morgan fingerprint density at radius 3 is 2.43 bits per heavy atom. The molecule has 0 aliphatic rings. The van der Waals surface area contributed by atoms with Crippen LogP contribution in [0.15, 0.2) is 21.1 Å². The monoisotopic (exact) mass is 322 g/mol. The molecule has 14 heavy (non-hydrogen) atoms. The first kappa shape index (κ1) is 11.5. The molecule has 0 amide bonds. The molecule has 0 heterocycles. The molecule has 0 fully saturated rings. The summed E-state index contributed by atoms with van der Waals surface area (Å²) in [6.45, 7) is 0. The van der Waals surface area contributed by atoms with Crippen molar-refractivity contribution in [2.24, 2.45) is 0 Å². The lowest BCUT2D eigenvalue weighted by molar-refractivity contribution is 0.0598. The number of methoxy groups -OCH3 is 2. The number of rotatable bonds is 2. The van der Waals surface area contributed by atoms with Crippen LogP contribution < -0.4 is 4.74 Å². The van der Waals surface area contributed by atoms with E-state index in [1.54, 1.807) is 12.1 Å². The van der Waals surface area contributed by atoms with E-state index in [1.165, 1.54) is 14.2 Å². The van der Waals surface area contributed by atoms with Gasteiger partial charge in [0.2, 0.25) is 0 Å². The Morgan fingerprint density at radius 1 is 1.29 bits per heavy atom. The van der Waals surface area contributed by atoms with Crippen molar-refractivity contribution in [2.45, 2.75) is 0 Å². The predicted molar refractivity (Wildman–Crippen MR) is 59.7 cm³/mol. The molecule has 0 atom stereocenters. The van der Waals surface area contributed by atoms with Crippen molar-refractivity contribution in [3.63, 3.8) is 0 Å². The van der Waals surface area contributed by atoms with Gasteiger partial charge in [0.1, 0.15) is 5.75 Å². The van der Waals surface area contributed by atoms with Crippen LogP contribution >= 0.6 is 31.9 Å². The summed E-state index contributed by atoms with van der Waals surface area (Å²) in [4.78, 5) is 11.4. The first-order chi connectivity index (χ1) is 6.61. The van der Waals surface area contributed by atoms with Crippen LogP contribution in [0.5, 0.6) is 5.75 Å². The zero-order valence-electron chi connectivity index (χ0n) is 7.64. The molecule has 1 aromatic carbocycles. The quantitative estimate of drug-likeness (QED) is 0.785. The molecule has 0 unspecified atom stereocenters. The fraction of sp³-hybridized carbons (Fsp3) is 0.222. The standard InChI is InChI=1S/C9H8Br2O3/c1-13-6-4-3-5(10)7(8(6)11)9(12)14-2/h3-4H,1-2H3. The molecule has 0 N–H and O–H groups in total. The summed E-state index contributed by atoms with van der Waals surface area (Å²) in [6.07, 6.45) is 0. The Morgan fingerprint density at radius 2 is 1.93 bits per heavy atom. The first-order valence-electron chi connectivity index (χ1n) is 3.72. The lowest BCUT2D eigenvalue weighted by Crippen LogP contribution is -2.04. The second-order valence-corrected chi connectivity index (χ2v) is 4.08. The number of esters is 1. The highest BCUT2D eigenvalue weighted by molar-refractivity contribution is 9.11. The SMILES string of the molecule is COC(=O)c1c(Br)ccc(OC)c1Br. The van der Waals surface area contributed by atoms with Crippen LogP contribution in [0.2, 0.25) is 0 Å². The van der Waals surface area contributed by atoms with Crippen molar-refractivity contribution in [1.29, 1.82) is 0 Å². The first-order valence-corrected chi connectivity index (χ1v) is 5.30. The van der Waals surface area contributed by atoms with Crippen molar-refractivity contribution in [1.82, 2.24) is 0 Å². The van der Waals surface area contributed by atoms with Crippen molar-refractivity contribution in [3.05, 3.63) is 26.6 Å². The summed E-state index contributed by atoms with van der Waals surface area (Å²) < 4.78 is 11.0. The Kier molecular flexibility index (Phi) is 3.95. The van der Waals surface area contributed by atoms with E-state index in [9.17, 15) is 4.79 Å². The molecular formula is C9H8Br2O3. The van der Waals surface area contributed by atoms with E-state index in [0.717, 1.165) is 0 Å². The predicted octanol–water partition coefficient (Wildman–Crippen LogP) is 3.01. The van der Waals surface area contributed by atoms with Gasteiger partial charge < -0.3 is 9.47 Å². The molecule has 0 spiro atoms. The van der Waals surface area contributed by atoms with Gasteiger partial charge >= 0.3 is 5.97 Å². The molecule has 0 aromatic heterocycles. The number of carbonyl (C=O) groups excluding carboxylic acids is 1. The maximum absolute atomic E-state index is 11.4. The average Bonchev–Trinajstić information content (AvgIpc) is 2.18. The number of hydrogen-bond donors (Lipinski definition) is 0. The lowest BCUT2D eigenvalue weighted by atomic mass is 10.2. The Balaban J connectivity index is 3.32. The third kappa shape index (κ3) is 2.09. The second-order valence-electron chi connectivity index (χ2n) is 2.43. The van der Waals surface area contributed by atoms with E-state index in [1.807, 2.05) is 0 Å². The Labute approximate surface area is 98.6 Å². The Hall–Kier alpha value is -0.550. The van der Waals surface area contributed by atoms with Crippen molar-refractivity contribution >= 4 is 37.8 Å². The Bertz CT molecular complexity index is 363. The summed E-state index contributed by atoms with van der Waals surface area (Å²) in [5.74, 6) is 0.177. The highest BCUT2D eigenvalue weighted by Crippen LogP contribution is 2.33. The molecule has 5 heteroatoms. The number of hydrogen-bond acceptors (Lipinski definition) is 3. The van der Waals surface area contributed by atoms with Crippen LogP contribution in [0.4, 0.5) is 0 Å². The largest absolute Gasteiger partial charge is 0.496 e. The third-order valence-corrected chi connectivity index (χ3v) is 3.11. The van der Waals surface area contributed by atoms with E-state index >= 15 is 0 Å². The van der Waals surface area contributed by atoms with E-state index in [4.69, 9.17) is 4.74 Å². The highest BCUT2D eigenvalue weighted by atomic mass is 79.9. The van der Waals surface area contributed by atoms with Crippen LogP contribution in [0.1, 0.15) is 10.4 Å². The molecule has 1 rings (SSSR count). The van der Waals surface area contributed by atoms with Crippen LogP contribution in [0.3, 0.4) is 0 Å². The summed E-state index contributed by atoms with van der Waals surface area (Å²) in [7, 11) is 2.87. The van der Waals surface area contributed by atoms with Gasteiger partial charge in [0.25, 0.3) is 0 Å². The summed E-state index contributed by atoms with van der Waals surface area (Å²) in [6, 6.07) is 3.48. The third-order valence-electron chi connectivity index (χ3n) is 1.67. The van der Waals surface area contributed by atoms with Gasteiger partial charge in [0, 0.05) is 4.47 Å². The van der Waals surface area contributed by atoms with Crippen LogP contribution in [0.25, 0.3) is 0 Å². The van der Waals surface area contributed by atoms with Crippen molar-refractivity contribution in [3.8, 4) is 5.75 Å². The minimum atomic E-state index is -0.414. The molecule has 0 aliphatic heterocycles. The zero-order chi connectivity index (χ0) is 10.7. The van der Waals surface area contributed by atoms with Crippen LogP contribution in [-0.4, -0.2) is 20.2 Å². The van der Waals surface area contributed by atoms with Gasteiger partial charge in [0.05, 0.1) is 24.3 Å². The van der Waals surface area contributed by atoms with Crippen molar-refractivity contribution < 1.29 is 14.3 Å². The summed E-state index contributed by atoms with van der Waals surface area (Å²) in [5.41, 5.74) is 0.423. The average molecular weight is 324 g/mol. The molecule has 3 nitrogen and oxygen atoms in total. The number of ether oxygens (including phenoxy) is 2. The number of halogens is 2. The van der Waals surface area contributed by atoms with Gasteiger partial charge in [-0.3, -0.25) is 0 Å². The van der Waals surface area contributed by atoms with Crippen LogP contribution in [-0.2, 0) is 4.74 Å². The highest BCUT2D eigenvalue weighted by Gasteiger charge is 2.17.